The number of benzene rings is 1. The molecular weight excluding hydrogens is 378 g/mol. The Bertz CT molecular complexity index is 883. The van der Waals surface area contributed by atoms with Gasteiger partial charge in [-0.15, -0.1) is 0 Å². The molecule has 1 fully saturated rings. The van der Waals surface area contributed by atoms with Crippen LogP contribution in [-0.4, -0.2) is 62.3 Å². The van der Waals surface area contributed by atoms with Crippen molar-refractivity contribution < 1.29 is 4.74 Å². The van der Waals surface area contributed by atoms with Crippen molar-refractivity contribution in [3.05, 3.63) is 58.5 Å². The molecular formula is C23H33N5O2. The molecule has 30 heavy (non-hydrogen) atoms. The minimum absolute atomic E-state index is 0.0773. The van der Waals surface area contributed by atoms with Gasteiger partial charge in [0.05, 0.1) is 7.11 Å². The highest BCUT2D eigenvalue weighted by atomic mass is 16.5. The third-order valence-corrected chi connectivity index (χ3v) is 5.59. The molecule has 0 atom stereocenters. The highest BCUT2D eigenvalue weighted by Crippen LogP contribution is 2.20. The van der Waals surface area contributed by atoms with Crippen LogP contribution in [0.4, 0.5) is 5.69 Å². The van der Waals surface area contributed by atoms with E-state index < -0.39 is 0 Å². The number of ether oxygens (including phenoxy) is 1. The SMILES string of the molecule is CN=C(NCCCCn1c(C)cccc1=O)N1CCN(c2ccc(OC)cc2)CC1. The van der Waals surface area contributed by atoms with E-state index in [2.05, 4.69) is 32.2 Å². The summed E-state index contributed by atoms with van der Waals surface area (Å²) in [7, 11) is 3.53. The average Bonchev–Trinajstić information content (AvgIpc) is 2.78. The molecule has 1 aliphatic rings. The van der Waals surface area contributed by atoms with Crippen LogP contribution in [0.5, 0.6) is 5.75 Å². The molecule has 2 heterocycles. The monoisotopic (exact) mass is 411 g/mol. The van der Waals surface area contributed by atoms with Gasteiger partial charge < -0.3 is 24.4 Å². The van der Waals surface area contributed by atoms with Gasteiger partial charge in [-0.2, -0.15) is 0 Å². The Morgan fingerprint density at radius 1 is 1.07 bits per heavy atom. The Morgan fingerprint density at radius 2 is 1.80 bits per heavy atom. The Kier molecular flexibility index (Phi) is 7.76. The van der Waals surface area contributed by atoms with E-state index in [9.17, 15) is 4.79 Å². The standard InChI is InChI=1S/C23H33N5O2/c1-19-7-6-8-22(29)28(19)14-5-4-13-25-23(24-2)27-17-15-26(16-18-27)20-9-11-21(30-3)12-10-20/h6-12H,4-5,13-18H2,1-3H3,(H,24,25). The van der Waals surface area contributed by atoms with Crippen LogP contribution >= 0.6 is 0 Å². The normalized spacial score (nSPS) is 14.7. The number of nitrogens with one attached hydrogen (secondary N) is 1. The lowest BCUT2D eigenvalue weighted by Crippen LogP contribution is -2.52. The maximum absolute atomic E-state index is 11.9. The first kappa shape index (κ1) is 21.7. The van der Waals surface area contributed by atoms with Crippen molar-refractivity contribution in [2.24, 2.45) is 4.99 Å². The summed E-state index contributed by atoms with van der Waals surface area (Å²) < 4.78 is 7.08. The van der Waals surface area contributed by atoms with Crippen LogP contribution in [0.1, 0.15) is 18.5 Å². The molecule has 2 aromatic rings. The highest BCUT2D eigenvalue weighted by Gasteiger charge is 2.19. The second-order valence-electron chi connectivity index (χ2n) is 7.51. The van der Waals surface area contributed by atoms with Crippen molar-refractivity contribution in [2.45, 2.75) is 26.3 Å². The van der Waals surface area contributed by atoms with Gasteiger partial charge in [-0.3, -0.25) is 9.79 Å². The van der Waals surface area contributed by atoms with E-state index in [-0.39, 0.29) is 5.56 Å². The van der Waals surface area contributed by atoms with Crippen molar-refractivity contribution in [3.63, 3.8) is 0 Å². The summed E-state index contributed by atoms with van der Waals surface area (Å²) in [5.74, 6) is 1.84. The van der Waals surface area contributed by atoms with Crippen LogP contribution in [0.2, 0.25) is 0 Å². The van der Waals surface area contributed by atoms with E-state index in [0.717, 1.165) is 69.5 Å². The number of methoxy groups -OCH3 is 1. The third kappa shape index (κ3) is 5.55. The minimum Gasteiger partial charge on any atom is -0.497 e. The molecule has 7 nitrogen and oxygen atoms in total. The summed E-state index contributed by atoms with van der Waals surface area (Å²) in [6.07, 6.45) is 1.95. The van der Waals surface area contributed by atoms with E-state index >= 15 is 0 Å². The fourth-order valence-electron chi connectivity index (χ4n) is 3.81. The van der Waals surface area contributed by atoms with Crippen LogP contribution < -0.4 is 20.5 Å². The van der Waals surface area contributed by atoms with Gasteiger partial charge in [-0.1, -0.05) is 6.07 Å². The van der Waals surface area contributed by atoms with Gasteiger partial charge in [0.15, 0.2) is 5.96 Å². The molecule has 1 N–H and O–H groups in total. The number of pyridine rings is 1. The number of hydrogen-bond donors (Lipinski definition) is 1. The summed E-state index contributed by atoms with van der Waals surface area (Å²) in [6.45, 7) is 7.38. The largest absolute Gasteiger partial charge is 0.497 e. The molecule has 0 saturated carbocycles. The first-order valence-electron chi connectivity index (χ1n) is 10.6. The molecule has 0 spiro atoms. The Morgan fingerprint density at radius 3 is 2.43 bits per heavy atom. The van der Waals surface area contributed by atoms with Gasteiger partial charge >= 0.3 is 0 Å². The molecule has 0 radical (unpaired) electrons. The number of anilines is 1. The molecule has 1 aliphatic heterocycles. The van der Waals surface area contributed by atoms with Crippen molar-refractivity contribution in [3.8, 4) is 5.75 Å². The Balaban J connectivity index is 1.41. The smallest absolute Gasteiger partial charge is 0.250 e. The molecule has 1 aromatic heterocycles. The summed E-state index contributed by atoms with van der Waals surface area (Å²) in [6, 6.07) is 13.7. The van der Waals surface area contributed by atoms with Gasteiger partial charge in [-0.25, -0.2) is 0 Å². The molecule has 0 amide bonds. The fourth-order valence-corrected chi connectivity index (χ4v) is 3.81. The summed E-state index contributed by atoms with van der Waals surface area (Å²) in [4.78, 5) is 21.1. The van der Waals surface area contributed by atoms with Crippen LogP contribution in [0.25, 0.3) is 0 Å². The van der Waals surface area contributed by atoms with Crippen molar-refractivity contribution in [1.82, 2.24) is 14.8 Å². The number of rotatable bonds is 7. The molecule has 0 bridgehead atoms. The van der Waals surface area contributed by atoms with E-state index in [1.807, 2.05) is 42.8 Å². The molecule has 162 valence electrons. The van der Waals surface area contributed by atoms with Crippen molar-refractivity contribution in [2.75, 3.05) is 51.8 Å². The summed E-state index contributed by atoms with van der Waals surface area (Å²) in [5, 5.41) is 3.48. The molecule has 0 unspecified atom stereocenters. The number of aryl methyl sites for hydroxylation is 1. The van der Waals surface area contributed by atoms with Gasteiger partial charge in [0.1, 0.15) is 5.75 Å². The fraction of sp³-hybridized carbons (Fsp3) is 0.478. The topological polar surface area (TPSA) is 62.1 Å². The predicted molar refractivity (Wildman–Crippen MR) is 123 cm³/mol. The highest BCUT2D eigenvalue weighted by molar-refractivity contribution is 5.80. The first-order valence-corrected chi connectivity index (χ1v) is 10.6. The third-order valence-electron chi connectivity index (χ3n) is 5.59. The zero-order chi connectivity index (χ0) is 21.3. The van der Waals surface area contributed by atoms with E-state index in [1.165, 1.54) is 5.69 Å². The van der Waals surface area contributed by atoms with Crippen molar-refractivity contribution >= 4 is 11.6 Å². The average molecular weight is 412 g/mol. The van der Waals surface area contributed by atoms with E-state index in [4.69, 9.17) is 4.74 Å². The zero-order valence-electron chi connectivity index (χ0n) is 18.3. The molecule has 1 saturated heterocycles. The summed E-state index contributed by atoms with van der Waals surface area (Å²) in [5.41, 5.74) is 2.32. The number of unbranched alkanes of at least 4 members (excludes halogenated alkanes) is 1. The lowest BCUT2D eigenvalue weighted by atomic mass is 10.2. The van der Waals surface area contributed by atoms with Gasteiger partial charge in [0.25, 0.3) is 5.56 Å². The number of nitrogens with zero attached hydrogens (tertiary/aromatic N) is 4. The second kappa shape index (κ2) is 10.7. The van der Waals surface area contributed by atoms with Crippen LogP contribution in [0, 0.1) is 6.92 Å². The number of piperazine rings is 1. The second-order valence-corrected chi connectivity index (χ2v) is 7.51. The van der Waals surface area contributed by atoms with E-state index in [1.54, 1.807) is 13.2 Å². The molecule has 1 aromatic carbocycles. The molecule has 0 aliphatic carbocycles. The zero-order valence-corrected chi connectivity index (χ0v) is 18.3. The summed E-state index contributed by atoms with van der Waals surface area (Å²) >= 11 is 0. The van der Waals surface area contributed by atoms with Crippen molar-refractivity contribution in [1.29, 1.82) is 0 Å². The maximum Gasteiger partial charge on any atom is 0.250 e. The number of guanidine groups is 1. The van der Waals surface area contributed by atoms with E-state index in [0.29, 0.717) is 0 Å². The Hall–Kier alpha value is -2.96. The lowest BCUT2D eigenvalue weighted by Gasteiger charge is -2.37. The van der Waals surface area contributed by atoms with Gasteiger partial charge in [0, 0.05) is 63.8 Å². The minimum atomic E-state index is 0.0773. The number of hydrogen-bond acceptors (Lipinski definition) is 4. The predicted octanol–water partition coefficient (Wildman–Crippen LogP) is 2.34. The van der Waals surface area contributed by atoms with Crippen LogP contribution in [0.3, 0.4) is 0 Å². The molecule has 7 heteroatoms. The maximum atomic E-state index is 11.9. The molecule has 3 rings (SSSR count). The number of aromatic nitrogens is 1. The Labute approximate surface area is 179 Å². The van der Waals surface area contributed by atoms with Gasteiger partial charge in [0.2, 0.25) is 0 Å². The van der Waals surface area contributed by atoms with Gasteiger partial charge in [-0.05, 0) is 50.1 Å². The first-order chi connectivity index (χ1) is 14.6. The number of aliphatic imine (C=N–C) groups is 1. The lowest BCUT2D eigenvalue weighted by molar-refractivity contribution is 0.372. The van der Waals surface area contributed by atoms with Crippen LogP contribution in [-0.2, 0) is 6.54 Å². The van der Waals surface area contributed by atoms with Crippen LogP contribution in [0.15, 0.2) is 52.3 Å². The quantitative estimate of drug-likeness (QED) is 0.431.